The van der Waals surface area contributed by atoms with Crippen LogP contribution in [-0.2, 0) is 16.6 Å². The first-order valence-corrected chi connectivity index (χ1v) is 9.44. The second-order valence-electron chi connectivity index (χ2n) is 5.61. The van der Waals surface area contributed by atoms with Crippen molar-refractivity contribution in [1.82, 2.24) is 24.9 Å². The number of sulfonamides is 1. The van der Waals surface area contributed by atoms with E-state index in [9.17, 15) is 8.42 Å². The van der Waals surface area contributed by atoms with E-state index in [4.69, 9.17) is 11.6 Å². The van der Waals surface area contributed by atoms with Crippen molar-refractivity contribution in [2.24, 2.45) is 0 Å². The summed E-state index contributed by atoms with van der Waals surface area (Å²) < 4.78 is 28.9. The van der Waals surface area contributed by atoms with Gasteiger partial charge in [0.15, 0.2) is 5.82 Å². The summed E-state index contributed by atoms with van der Waals surface area (Å²) in [5.41, 5.74) is 0. The Balaban J connectivity index is 1.71. The van der Waals surface area contributed by atoms with Gasteiger partial charge in [-0.3, -0.25) is 0 Å². The molecule has 124 valence electrons. The van der Waals surface area contributed by atoms with Gasteiger partial charge in [0, 0.05) is 5.02 Å². The van der Waals surface area contributed by atoms with E-state index in [2.05, 4.69) is 20.2 Å². The first-order chi connectivity index (χ1) is 11.1. The van der Waals surface area contributed by atoms with Crippen molar-refractivity contribution in [1.29, 1.82) is 0 Å². The molecule has 1 saturated carbocycles. The van der Waals surface area contributed by atoms with Gasteiger partial charge in [-0.2, -0.15) is 0 Å². The molecule has 0 spiro atoms. The Morgan fingerprint density at radius 1 is 1.17 bits per heavy atom. The summed E-state index contributed by atoms with van der Waals surface area (Å²) in [6.45, 7) is 0.0639. The second kappa shape index (κ2) is 6.94. The average Bonchev–Trinajstić information content (AvgIpc) is 3.03. The summed E-state index contributed by atoms with van der Waals surface area (Å²) in [5, 5.41) is 12.2. The zero-order valence-corrected chi connectivity index (χ0v) is 14.1. The Labute approximate surface area is 140 Å². The first kappa shape index (κ1) is 16.4. The molecule has 2 aromatic rings. The van der Waals surface area contributed by atoms with Gasteiger partial charge < -0.3 is 0 Å². The van der Waals surface area contributed by atoms with Gasteiger partial charge in [0.05, 0.1) is 17.5 Å². The van der Waals surface area contributed by atoms with E-state index < -0.39 is 10.0 Å². The molecule has 1 aliphatic carbocycles. The predicted octanol–water partition coefficient (Wildman–Crippen LogP) is 2.31. The largest absolute Gasteiger partial charge is 0.240 e. The predicted molar refractivity (Wildman–Crippen MR) is 85.4 cm³/mol. The Morgan fingerprint density at radius 3 is 2.57 bits per heavy atom. The van der Waals surface area contributed by atoms with Gasteiger partial charge in [0.1, 0.15) is 0 Å². The quantitative estimate of drug-likeness (QED) is 0.888. The van der Waals surface area contributed by atoms with Gasteiger partial charge >= 0.3 is 0 Å². The molecule has 0 unspecified atom stereocenters. The van der Waals surface area contributed by atoms with Crippen LogP contribution in [0.1, 0.15) is 44.0 Å². The maximum atomic E-state index is 12.3. The van der Waals surface area contributed by atoms with Gasteiger partial charge in [0.25, 0.3) is 0 Å². The SMILES string of the molecule is O=S(=O)(NCc1nnnn1C1CCCCC1)c1ccc(Cl)cc1. The number of hydrogen-bond acceptors (Lipinski definition) is 5. The third kappa shape index (κ3) is 3.88. The lowest BCUT2D eigenvalue weighted by molar-refractivity contribution is 0.316. The molecule has 9 heteroatoms. The number of nitrogens with zero attached hydrogens (tertiary/aromatic N) is 4. The Kier molecular flexibility index (Phi) is 4.93. The molecule has 1 fully saturated rings. The fourth-order valence-electron chi connectivity index (χ4n) is 2.79. The van der Waals surface area contributed by atoms with Crippen LogP contribution < -0.4 is 4.72 Å². The van der Waals surface area contributed by atoms with E-state index in [1.54, 1.807) is 16.8 Å². The van der Waals surface area contributed by atoms with Crippen molar-refractivity contribution < 1.29 is 8.42 Å². The van der Waals surface area contributed by atoms with Crippen LogP contribution in [0.4, 0.5) is 0 Å². The monoisotopic (exact) mass is 355 g/mol. The molecule has 3 rings (SSSR count). The van der Waals surface area contributed by atoms with Crippen LogP contribution in [0.3, 0.4) is 0 Å². The second-order valence-corrected chi connectivity index (χ2v) is 7.81. The minimum absolute atomic E-state index is 0.0639. The minimum Gasteiger partial charge on any atom is -0.225 e. The van der Waals surface area contributed by atoms with E-state index in [0.29, 0.717) is 10.8 Å². The van der Waals surface area contributed by atoms with Gasteiger partial charge in [-0.25, -0.2) is 17.8 Å². The highest BCUT2D eigenvalue weighted by molar-refractivity contribution is 7.89. The highest BCUT2D eigenvalue weighted by atomic mass is 35.5. The van der Waals surface area contributed by atoms with Crippen LogP contribution in [0, 0.1) is 0 Å². The van der Waals surface area contributed by atoms with Crippen molar-refractivity contribution in [2.45, 2.75) is 49.6 Å². The number of halogens is 1. The Hall–Kier alpha value is -1.51. The van der Waals surface area contributed by atoms with Crippen LogP contribution in [0.25, 0.3) is 0 Å². The van der Waals surface area contributed by atoms with Crippen molar-refractivity contribution in [2.75, 3.05) is 0 Å². The van der Waals surface area contributed by atoms with Crippen LogP contribution in [-0.4, -0.2) is 28.6 Å². The van der Waals surface area contributed by atoms with E-state index in [0.717, 1.165) is 25.7 Å². The van der Waals surface area contributed by atoms with Gasteiger partial charge in [0.2, 0.25) is 10.0 Å². The first-order valence-electron chi connectivity index (χ1n) is 7.58. The number of nitrogens with one attached hydrogen (secondary N) is 1. The smallest absolute Gasteiger partial charge is 0.225 e. The number of benzene rings is 1. The summed E-state index contributed by atoms with van der Waals surface area (Å²) in [6.07, 6.45) is 5.60. The van der Waals surface area contributed by atoms with Crippen LogP contribution in [0.5, 0.6) is 0 Å². The third-order valence-corrected chi connectivity index (χ3v) is 5.69. The van der Waals surface area contributed by atoms with E-state index in [1.165, 1.54) is 18.6 Å². The fourth-order valence-corrected chi connectivity index (χ4v) is 3.90. The van der Waals surface area contributed by atoms with Crippen LogP contribution in [0.2, 0.25) is 5.02 Å². The van der Waals surface area contributed by atoms with Crippen molar-refractivity contribution in [3.63, 3.8) is 0 Å². The van der Waals surface area contributed by atoms with Crippen molar-refractivity contribution in [3.05, 3.63) is 35.1 Å². The van der Waals surface area contributed by atoms with Crippen molar-refractivity contribution >= 4 is 21.6 Å². The zero-order chi connectivity index (χ0) is 16.3. The third-order valence-electron chi connectivity index (χ3n) is 4.03. The molecule has 0 atom stereocenters. The normalized spacial score (nSPS) is 16.6. The molecule has 1 heterocycles. The topological polar surface area (TPSA) is 89.8 Å². The van der Waals surface area contributed by atoms with Crippen LogP contribution in [0.15, 0.2) is 29.2 Å². The minimum atomic E-state index is -3.62. The molecule has 0 aliphatic heterocycles. The summed E-state index contributed by atoms with van der Waals surface area (Å²) in [7, 11) is -3.62. The van der Waals surface area contributed by atoms with E-state index in [-0.39, 0.29) is 17.5 Å². The average molecular weight is 356 g/mol. The molecule has 1 N–H and O–H groups in total. The standard InChI is InChI=1S/C14H18ClN5O2S/c15-11-6-8-13(9-7-11)23(21,22)16-10-14-17-18-19-20(14)12-4-2-1-3-5-12/h6-9,12,16H,1-5,10H2. The highest BCUT2D eigenvalue weighted by Gasteiger charge is 2.21. The number of rotatable bonds is 5. The summed E-state index contributed by atoms with van der Waals surface area (Å²) in [4.78, 5) is 0.165. The number of aromatic nitrogens is 4. The lowest BCUT2D eigenvalue weighted by Gasteiger charge is -2.22. The van der Waals surface area contributed by atoms with Gasteiger partial charge in [-0.15, -0.1) is 5.10 Å². The van der Waals surface area contributed by atoms with Crippen molar-refractivity contribution in [3.8, 4) is 0 Å². The van der Waals surface area contributed by atoms with Gasteiger partial charge in [-0.05, 0) is 47.5 Å². The summed E-state index contributed by atoms with van der Waals surface area (Å²) in [6, 6.07) is 6.28. The summed E-state index contributed by atoms with van der Waals surface area (Å²) in [5.74, 6) is 0.537. The Morgan fingerprint density at radius 2 is 1.87 bits per heavy atom. The molecular weight excluding hydrogens is 338 g/mol. The van der Waals surface area contributed by atoms with Crippen LogP contribution >= 0.6 is 11.6 Å². The lowest BCUT2D eigenvalue weighted by Crippen LogP contribution is -2.26. The zero-order valence-electron chi connectivity index (χ0n) is 12.5. The maximum Gasteiger partial charge on any atom is 0.240 e. The number of tetrazole rings is 1. The molecule has 0 amide bonds. The highest BCUT2D eigenvalue weighted by Crippen LogP contribution is 2.27. The molecule has 1 aromatic carbocycles. The fraction of sp³-hybridized carbons (Fsp3) is 0.500. The molecule has 0 saturated heterocycles. The molecule has 1 aromatic heterocycles. The molecule has 0 radical (unpaired) electrons. The molecular formula is C14H18ClN5O2S. The van der Waals surface area contributed by atoms with Gasteiger partial charge in [-0.1, -0.05) is 30.9 Å². The van der Waals surface area contributed by atoms with E-state index >= 15 is 0 Å². The maximum absolute atomic E-state index is 12.3. The van der Waals surface area contributed by atoms with E-state index in [1.807, 2.05) is 0 Å². The molecule has 1 aliphatic rings. The summed E-state index contributed by atoms with van der Waals surface area (Å²) >= 11 is 5.78. The molecule has 0 bridgehead atoms. The molecule has 23 heavy (non-hydrogen) atoms. The number of hydrogen-bond donors (Lipinski definition) is 1. The Bertz CT molecular complexity index is 754. The molecule has 7 nitrogen and oxygen atoms in total. The lowest BCUT2D eigenvalue weighted by atomic mass is 9.96.